The molecule has 0 aromatic rings. The van der Waals surface area contributed by atoms with Gasteiger partial charge >= 0.3 is 19.8 Å². The number of rotatable bonds is 36. The lowest BCUT2D eigenvalue weighted by Gasteiger charge is -2.41. The van der Waals surface area contributed by atoms with Crippen molar-refractivity contribution >= 4 is 19.8 Å². The van der Waals surface area contributed by atoms with Crippen LogP contribution < -0.4 is 0 Å². The average Bonchev–Trinajstić information content (AvgIpc) is 4.01. The SMILES string of the molecule is CCC=CCC=CCC1OC1CC=CCC=CCCCC(=O)OC(COC(=O)CCCCCCCC=CCCCCCCCC)COP(=O)(O)OC1C(O)C(O)C(O)C(O)C1O. The number of phosphoric acid groups is 1. The molecule has 2 rings (SSSR count). The molecule has 1 aliphatic carbocycles. The van der Waals surface area contributed by atoms with E-state index in [4.69, 9.17) is 23.3 Å². The summed E-state index contributed by atoms with van der Waals surface area (Å²) >= 11 is 0. The second kappa shape index (κ2) is 33.9. The van der Waals surface area contributed by atoms with E-state index in [1.807, 2.05) is 12.2 Å². The van der Waals surface area contributed by atoms with Crippen LogP contribution in [0.15, 0.2) is 60.8 Å². The lowest BCUT2D eigenvalue weighted by Crippen LogP contribution is -2.64. The Hall–Kier alpha value is -2.49. The topological polar surface area (TPSA) is 222 Å². The highest BCUT2D eigenvalue weighted by Crippen LogP contribution is 2.47. The maximum atomic E-state index is 12.8. The van der Waals surface area contributed by atoms with Crippen LogP contribution in [-0.2, 0) is 37.4 Å². The second-order valence-corrected chi connectivity index (χ2v) is 17.7. The molecule has 0 bridgehead atoms. The molecule has 1 saturated heterocycles. The summed E-state index contributed by atoms with van der Waals surface area (Å²) in [7, 11) is -5.14. The Balaban J connectivity index is 1.74. The first-order valence-electron chi connectivity index (χ1n) is 23.2. The van der Waals surface area contributed by atoms with Crippen LogP contribution in [0.25, 0.3) is 0 Å². The molecule has 8 unspecified atom stereocenters. The van der Waals surface area contributed by atoms with Gasteiger partial charge in [0, 0.05) is 12.8 Å². The third kappa shape index (κ3) is 25.7. The molecule has 62 heavy (non-hydrogen) atoms. The highest BCUT2D eigenvalue weighted by Gasteiger charge is 2.51. The van der Waals surface area contributed by atoms with Gasteiger partial charge in [-0.05, 0) is 77.0 Å². The zero-order chi connectivity index (χ0) is 45.4. The van der Waals surface area contributed by atoms with Gasteiger partial charge in [0.25, 0.3) is 0 Å². The number of aliphatic hydroxyl groups is 5. The number of carbonyl (C=O) groups excluding carboxylic acids is 2. The number of esters is 2. The number of phosphoric ester groups is 1. The van der Waals surface area contributed by atoms with Gasteiger partial charge in [0.1, 0.15) is 43.2 Å². The number of aliphatic hydroxyl groups excluding tert-OH is 5. The van der Waals surface area contributed by atoms with Gasteiger partial charge in [-0.25, -0.2) is 4.57 Å². The molecule has 0 aromatic heterocycles. The lowest BCUT2D eigenvalue weighted by molar-refractivity contribution is -0.220. The Morgan fingerprint density at radius 1 is 0.581 bits per heavy atom. The van der Waals surface area contributed by atoms with Crippen molar-refractivity contribution in [3.05, 3.63) is 60.8 Å². The number of unbranched alkanes of at least 4 members (excludes halogenated alkanes) is 12. The van der Waals surface area contributed by atoms with E-state index in [1.165, 1.54) is 38.5 Å². The summed E-state index contributed by atoms with van der Waals surface area (Å²) in [6.07, 6.45) is 28.8. The van der Waals surface area contributed by atoms with E-state index in [9.17, 15) is 44.6 Å². The Kier molecular flexibility index (Phi) is 30.5. The lowest BCUT2D eigenvalue weighted by atomic mass is 9.85. The molecule has 0 amide bonds. The van der Waals surface area contributed by atoms with E-state index in [2.05, 4.69) is 62.5 Å². The van der Waals surface area contributed by atoms with Crippen LogP contribution in [0.2, 0.25) is 0 Å². The van der Waals surface area contributed by atoms with E-state index in [1.54, 1.807) is 0 Å². The maximum Gasteiger partial charge on any atom is 0.472 e. The molecule has 6 N–H and O–H groups in total. The van der Waals surface area contributed by atoms with Gasteiger partial charge in [-0.3, -0.25) is 18.6 Å². The van der Waals surface area contributed by atoms with Crippen molar-refractivity contribution in [3.8, 4) is 0 Å². The monoisotopic (exact) mass is 899 g/mol. The minimum atomic E-state index is -5.14. The number of epoxide rings is 1. The van der Waals surface area contributed by atoms with Gasteiger partial charge in [0.05, 0.1) is 18.8 Å². The summed E-state index contributed by atoms with van der Waals surface area (Å²) < 4.78 is 39.2. The zero-order valence-electron chi connectivity index (χ0n) is 37.3. The molecule has 8 atom stereocenters. The highest BCUT2D eigenvalue weighted by molar-refractivity contribution is 7.47. The fourth-order valence-corrected chi connectivity index (χ4v) is 7.86. The highest BCUT2D eigenvalue weighted by atomic mass is 31.2. The van der Waals surface area contributed by atoms with Gasteiger partial charge < -0.3 is 44.6 Å². The number of carbonyl (C=O) groups is 2. The van der Waals surface area contributed by atoms with Crippen molar-refractivity contribution in [3.63, 3.8) is 0 Å². The van der Waals surface area contributed by atoms with Crippen LogP contribution in [0.5, 0.6) is 0 Å². The Bertz CT molecular complexity index is 1380. The van der Waals surface area contributed by atoms with Crippen molar-refractivity contribution in [1.29, 1.82) is 0 Å². The minimum Gasteiger partial charge on any atom is -0.462 e. The Labute approximate surface area is 370 Å². The van der Waals surface area contributed by atoms with Crippen LogP contribution in [0.1, 0.15) is 155 Å². The first-order chi connectivity index (χ1) is 29.9. The van der Waals surface area contributed by atoms with Crippen molar-refractivity contribution < 1.29 is 67.8 Å². The minimum absolute atomic E-state index is 0.00906. The van der Waals surface area contributed by atoms with Gasteiger partial charge in [-0.15, -0.1) is 0 Å². The standard InChI is InChI=1S/C47H79O14P/c1-3-5-7-9-11-12-13-14-15-16-17-18-21-25-29-33-40(48)57-35-37(36-58-62(55,56)61-47-45(53)43(51)42(50)44(52)46(47)54)59-41(49)34-30-26-22-19-20-24-28-32-39-38(60-39)31-27-23-10-8-6-4-2/h6,8,14-15,19,22-24,27-28,37-39,42-47,50-54H,3-5,7,9-13,16-18,20-21,25-26,29-36H2,1-2H3,(H,55,56). The van der Waals surface area contributed by atoms with E-state index in [-0.39, 0.29) is 25.0 Å². The number of hydrogen-bond acceptors (Lipinski definition) is 13. The summed E-state index contributed by atoms with van der Waals surface area (Å²) in [5.41, 5.74) is 0. The zero-order valence-corrected chi connectivity index (χ0v) is 38.2. The van der Waals surface area contributed by atoms with Crippen LogP contribution >= 0.6 is 7.82 Å². The first-order valence-corrected chi connectivity index (χ1v) is 24.7. The molecule has 0 spiro atoms. The van der Waals surface area contributed by atoms with Gasteiger partial charge in [0.15, 0.2) is 6.10 Å². The van der Waals surface area contributed by atoms with Crippen molar-refractivity contribution in [2.24, 2.45) is 0 Å². The van der Waals surface area contributed by atoms with E-state index in [0.29, 0.717) is 19.3 Å². The number of ether oxygens (including phenoxy) is 3. The van der Waals surface area contributed by atoms with Crippen molar-refractivity contribution in [2.75, 3.05) is 13.2 Å². The molecule has 15 heteroatoms. The van der Waals surface area contributed by atoms with E-state index >= 15 is 0 Å². The molecule has 0 aromatic carbocycles. The third-order valence-corrected chi connectivity index (χ3v) is 11.7. The van der Waals surface area contributed by atoms with Gasteiger partial charge in [-0.1, -0.05) is 126 Å². The fourth-order valence-electron chi connectivity index (χ4n) is 6.89. The largest absolute Gasteiger partial charge is 0.472 e. The van der Waals surface area contributed by atoms with Crippen LogP contribution in [0.4, 0.5) is 0 Å². The summed E-state index contributed by atoms with van der Waals surface area (Å²) in [4.78, 5) is 35.7. The Morgan fingerprint density at radius 2 is 1.06 bits per heavy atom. The fraction of sp³-hybridized carbons (Fsp3) is 0.745. The van der Waals surface area contributed by atoms with Gasteiger partial charge in [0.2, 0.25) is 0 Å². The molecule has 14 nitrogen and oxygen atoms in total. The van der Waals surface area contributed by atoms with E-state index < -0.39 is 75.7 Å². The molecule has 1 saturated carbocycles. The smallest absolute Gasteiger partial charge is 0.462 e. The third-order valence-electron chi connectivity index (χ3n) is 10.7. The normalized spacial score (nSPS) is 25.7. The van der Waals surface area contributed by atoms with Crippen LogP contribution in [-0.4, -0.2) is 111 Å². The molecule has 1 heterocycles. The summed E-state index contributed by atoms with van der Waals surface area (Å²) in [6, 6.07) is 0. The van der Waals surface area contributed by atoms with Crippen LogP contribution in [0.3, 0.4) is 0 Å². The number of allylic oxidation sites excluding steroid dienone is 8. The molecule has 356 valence electrons. The molecule has 1 aliphatic heterocycles. The molecule has 2 aliphatic rings. The predicted molar refractivity (Wildman–Crippen MR) is 239 cm³/mol. The molecular weight excluding hydrogens is 819 g/mol. The quantitative estimate of drug-likeness (QED) is 0.0116. The summed E-state index contributed by atoms with van der Waals surface area (Å²) in [6.45, 7) is 3.11. The molecular formula is C47H79O14P. The first kappa shape index (κ1) is 55.6. The Morgan fingerprint density at radius 3 is 1.66 bits per heavy atom. The van der Waals surface area contributed by atoms with Crippen LogP contribution in [0, 0.1) is 0 Å². The summed E-state index contributed by atoms with van der Waals surface area (Å²) in [5, 5.41) is 50.2. The average molecular weight is 899 g/mol. The predicted octanol–water partition coefficient (Wildman–Crippen LogP) is 7.93. The van der Waals surface area contributed by atoms with Crippen molar-refractivity contribution in [1.82, 2.24) is 0 Å². The molecule has 0 radical (unpaired) electrons. The van der Waals surface area contributed by atoms with Crippen molar-refractivity contribution in [2.45, 2.75) is 210 Å². The maximum absolute atomic E-state index is 12.8. The van der Waals surface area contributed by atoms with E-state index in [0.717, 1.165) is 70.6 Å². The second-order valence-electron chi connectivity index (χ2n) is 16.3. The van der Waals surface area contributed by atoms with Gasteiger partial charge in [-0.2, -0.15) is 0 Å². The molecule has 2 fully saturated rings. The summed E-state index contributed by atoms with van der Waals surface area (Å²) in [5.74, 6) is -1.19. The number of hydrogen-bond donors (Lipinski definition) is 6.